The largest absolute Gasteiger partial charge is 0.480 e. The highest BCUT2D eigenvalue weighted by Gasteiger charge is 2.27. The molecule has 0 saturated carbocycles. The van der Waals surface area contributed by atoms with Crippen LogP contribution in [0.3, 0.4) is 0 Å². The van der Waals surface area contributed by atoms with Gasteiger partial charge < -0.3 is 15.0 Å². The standard InChI is InChI=1S/C23H23N5O5S3/c1-26(36(32,33)21-6-3-9-34-21)18-5-2-4-15-10-17(25-22(15)18)23-24-11-16(35-23)12-27-7-8-28(14-20(30)31)19(29)13-27/h2-6,9-11,25H,7-8,12-14H2,1H3,(H,30,31). The van der Waals surface area contributed by atoms with Gasteiger partial charge in [0.1, 0.15) is 15.8 Å². The number of thiophene rings is 1. The summed E-state index contributed by atoms with van der Waals surface area (Å²) >= 11 is 2.67. The topological polar surface area (TPSA) is 127 Å². The number of nitrogens with zero attached hydrogens (tertiary/aromatic N) is 4. The summed E-state index contributed by atoms with van der Waals surface area (Å²) in [4.78, 5) is 35.3. The van der Waals surface area contributed by atoms with Crippen molar-refractivity contribution >= 4 is 61.2 Å². The first kappa shape index (κ1) is 24.4. The summed E-state index contributed by atoms with van der Waals surface area (Å²) in [6, 6.07) is 10.8. The monoisotopic (exact) mass is 545 g/mol. The number of carbonyl (C=O) groups is 2. The number of sulfonamides is 1. The molecule has 0 radical (unpaired) electrons. The molecule has 1 saturated heterocycles. The number of benzene rings is 1. The number of aromatic amines is 1. The molecule has 10 nitrogen and oxygen atoms in total. The van der Waals surface area contributed by atoms with E-state index in [1.165, 1.54) is 31.9 Å². The molecule has 5 rings (SSSR count). The van der Waals surface area contributed by atoms with Crippen LogP contribution in [0.15, 0.2) is 52.2 Å². The van der Waals surface area contributed by atoms with Gasteiger partial charge in [-0.25, -0.2) is 13.4 Å². The molecule has 36 heavy (non-hydrogen) atoms. The van der Waals surface area contributed by atoms with E-state index in [1.807, 2.05) is 23.1 Å². The van der Waals surface area contributed by atoms with E-state index in [0.29, 0.717) is 30.8 Å². The summed E-state index contributed by atoms with van der Waals surface area (Å²) < 4.78 is 27.7. The minimum absolute atomic E-state index is 0.168. The maximum atomic E-state index is 13.1. The van der Waals surface area contributed by atoms with Crippen LogP contribution in [0.4, 0.5) is 5.69 Å². The Morgan fingerprint density at radius 3 is 2.81 bits per heavy atom. The van der Waals surface area contributed by atoms with Crippen LogP contribution < -0.4 is 4.31 Å². The lowest BCUT2D eigenvalue weighted by molar-refractivity contribution is -0.147. The first-order chi connectivity index (χ1) is 17.2. The summed E-state index contributed by atoms with van der Waals surface area (Å²) in [5.74, 6) is -1.21. The third-order valence-corrected chi connectivity index (χ3v) is 10.1. The quantitative estimate of drug-likeness (QED) is 0.349. The summed E-state index contributed by atoms with van der Waals surface area (Å²) in [5, 5.41) is 12.3. The van der Waals surface area contributed by atoms with Crippen LogP contribution in [0, 0.1) is 0 Å². The van der Waals surface area contributed by atoms with Crippen LogP contribution in [-0.2, 0) is 26.2 Å². The SMILES string of the molecule is CN(c1cccc2cc(-c3ncc(CN4CCN(CC(=O)O)C(=O)C4)s3)[nH]c12)S(=O)(=O)c1cccs1. The minimum Gasteiger partial charge on any atom is -0.480 e. The average Bonchev–Trinajstić information content (AvgIpc) is 3.60. The van der Waals surface area contributed by atoms with Crippen molar-refractivity contribution in [1.29, 1.82) is 0 Å². The number of rotatable bonds is 8. The van der Waals surface area contributed by atoms with E-state index < -0.39 is 16.0 Å². The lowest BCUT2D eigenvalue weighted by Crippen LogP contribution is -2.51. The number of amides is 1. The third kappa shape index (κ3) is 4.74. The fraction of sp³-hybridized carbons (Fsp3) is 0.261. The minimum atomic E-state index is -3.67. The molecule has 0 atom stereocenters. The second-order valence-electron chi connectivity index (χ2n) is 8.38. The number of piperazine rings is 1. The van der Waals surface area contributed by atoms with Crippen molar-refractivity contribution in [2.45, 2.75) is 10.8 Å². The molecule has 4 heterocycles. The Morgan fingerprint density at radius 1 is 1.25 bits per heavy atom. The highest BCUT2D eigenvalue weighted by molar-refractivity contribution is 7.94. The van der Waals surface area contributed by atoms with Gasteiger partial charge in [0.15, 0.2) is 0 Å². The van der Waals surface area contributed by atoms with Gasteiger partial charge in [0, 0.05) is 43.1 Å². The molecule has 0 unspecified atom stereocenters. The molecular formula is C23H23N5O5S3. The van der Waals surface area contributed by atoms with E-state index in [1.54, 1.807) is 36.8 Å². The molecule has 1 aromatic carbocycles. The van der Waals surface area contributed by atoms with Gasteiger partial charge in [-0.05, 0) is 23.6 Å². The van der Waals surface area contributed by atoms with E-state index >= 15 is 0 Å². The zero-order valence-electron chi connectivity index (χ0n) is 19.2. The van der Waals surface area contributed by atoms with Gasteiger partial charge in [0.2, 0.25) is 5.91 Å². The number of aliphatic carboxylic acids is 1. The molecule has 0 spiro atoms. The number of para-hydroxylation sites is 1. The predicted molar refractivity (Wildman–Crippen MR) is 139 cm³/mol. The smallest absolute Gasteiger partial charge is 0.323 e. The normalized spacial score (nSPS) is 15.0. The zero-order valence-corrected chi connectivity index (χ0v) is 21.7. The van der Waals surface area contributed by atoms with Crippen molar-refractivity contribution in [3.05, 3.63) is 52.9 Å². The summed E-state index contributed by atoms with van der Waals surface area (Å²) in [7, 11) is -2.13. The number of fused-ring (bicyclic) bond motifs is 1. The molecule has 1 aliphatic heterocycles. The van der Waals surface area contributed by atoms with Gasteiger partial charge in [0.05, 0.1) is 23.4 Å². The Hall–Kier alpha value is -3.26. The Bertz CT molecular complexity index is 1530. The van der Waals surface area contributed by atoms with Crippen molar-refractivity contribution < 1.29 is 23.1 Å². The Labute approximate surface area is 215 Å². The summed E-state index contributed by atoms with van der Waals surface area (Å²) in [5.41, 5.74) is 2.02. The highest BCUT2D eigenvalue weighted by atomic mass is 32.2. The fourth-order valence-corrected chi connectivity index (χ4v) is 7.44. The first-order valence-electron chi connectivity index (χ1n) is 11.0. The van der Waals surface area contributed by atoms with Crippen molar-refractivity contribution in [2.75, 3.05) is 37.5 Å². The molecular weight excluding hydrogens is 522 g/mol. The van der Waals surface area contributed by atoms with Crippen LogP contribution in [0.5, 0.6) is 0 Å². The molecule has 4 aromatic rings. The summed E-state index contributed by atoms with van der Waals surface area (Å²) in [6.07, 6.45) is 1.77. The van der Waals surface area contributed by atoms with Crippen molar-refractivity contribution in [3.8, 4) is 10.7 Å². The van der Waals surface area contributed by atoms with Gasteiger partial charge in [-0.3, -0.25) is 18.8 Å². The maximum absolute atomic E-state index is 13.1. The number of nitrogens with one attached hydrogen (secondary N) is 1. The van der Waals surface area contributed by atoms with Crippen molar-refractivity contribution in [1.82, 2.24) is 19.8 Å². The Morgan fingerprint density at radius 2 is 2.08 bits per heavy atom. The Kier molecular flexibility index (Phi) is 6.55. The number of hydrogen-bond donors (Lipinski definition) is 2. The molecule has 13 heteroatoms. The molecule has 188 valence electrons. The predicted octanol–water partition coefficient (Wildman–Crippen LogP) is 2.91. The molecule has 1 fully saturated rings. The van der Waals surface area contributed by atoms with Crippen LogP contribution in [-0.4, -0.2) is 78.4 Å². The zero-order chi connectivity index (χ0) is 25.4. The number of carbonyl (C=O) groups excluding carboxylic acids is 1. The van der Waals surface area contributed by atoms with Crippen molar-refractivity contribution in [2.24, 2.45) is 0 Å². The van der Waals surface area contributed by atoms with E-state index in [-0.39, 0.29) is 23.2 Å². The molecule has 3 aromatic heterocycles. The number of aromatic nitrogens is 2. The van der Waals surface area contributed by atoms with Crippen molar-refractivity contribution in [3.63, 3.8) is 0 Å². The number of anilines is 1. The van der Waals surface area contributed by atoms with Gasteiger partial charge in [-0.15, -0.1) is 22.7 Å². The van der Waals surface area contributed by atoms with Gasteiger partial charge >= 0.3 is 5.97 Å². The number of carboxylic acid groups (broad SMARTS) is 1. The molecule has 2 N–H and O–H groups in total. The van der Waals surface area contributed by atoms with Crippen LogP contribution in [0.2, 0.25) is 0 Å². The Balaban J connectivity index is 1.34. The van der Waals surface area contributed by atoms with E-state index in [0.717, 1.165) is 21.0 Å². The summed E-state index contributed by atoms with van der Waals surface area (Å²) in [6.45, 7) is 1.40. The van der Waals surface area contributed by atoms with Crippen LogP contribution in [0.25, 0.3) is 21.6 Å². The highest BCUT2D eigenvalue weighted by Crippen LogP contribution is 2.35. The number of hydrogen-bond acceptors (Lipinski definition) is 8. The van der Waals surface area contributed by atoms with E-state index in [4.69, 9.17) is 5.11 Å². The first-order valence-corrected chi connectivity index (χ1v) is 14.2. The van der Waals surface area contributed by atoms with Gasteiger partial charge in [-0.1, -0.05) is 18.2 Å². The second kappa shape index (κ2) is 9.65. The molecule has 0 bridgehead atoms. The van der Waals surface area contributed by atoms with Crippen LogP contribution >= 0.6 is 22.7 Å². The molecule has 1 aliphatic rings. The van der Waals surface area contributed by atoms with Gasteiger partial charge in [-0.2, -0.15) is 0 Å². The number of thiazole rings is 1. The van der Waals surface area contributed by atoms with Crippen LogP contribution in [0.1, 0.15) is 4.88 Å². The third-order valence-electron chi connectivity index (χ3n) is 5.97. The van der Waals surface area contributed by atoms with Gasteiger partial charge in [0.25, 0.3) is 10.0 Å². The lowest BCUT2D eigenvalue weighted by Gasteiger charge is -2.32. The molecule has 1 amide bonds. The number of carboxylic acids is 1. The lowest BCUT2D eigenvalue weighted by atomic mass is 10.2. The average molecular weight is 546 g/mol. The van der Waals surface area contributed by atoms with E-state index in [2.05, 4.69) is 9.97 Å². The second-order valence-corrected chi connectivity index (χ2v) is 12.6. The fourth-order valence-electron chi connectivity index (χ4n) is 4.14. The maximum Gasteiger partial charge on any atom is 0.323 e. The van der Waals surface area contributed by atoms with E-state index in [9.17, 15) is 18.0 Å². The molecule has 0 aliphatic carbocycles. The number of H-pyrrole nitrogens is 1.